The second-order valence-electron chi connectivity index (χ2n) is 9.12. The minimum Gasteiger partial charge on any atom is -0.427 e. The Morgan fingerprint density at radius 3 is 1.78 bits per heavy atom. The molecule has 27 heavy (non-hydrogen) atoms. The summed E-state index contributed by atoms with van der Waals surface area (Å²) in [5.74, 6) is -0.699. The fourth-order valence-electron chi connectivity index (χ4n) is 3.72. The van der Waals surface area contributed by atoms with Gasteiger partial charge in [0.2, 0.25) is 0 Å². The molecule has 1 saturated heterocycles. The Bertz CT molecular complexity index is 564. The van der Waals surface area contributed by atoms with Gasteiger partial charge in [0.15, 0.2) is 0 Å². The summed E-state index contributed by atoms with van der Waals surface area (Å²) in [5.41, 5.74) is -0.328. The van der Waals surface area contributed by atoms with Crippen LogP contribution >= 0.6 is 0 Å². The zero-order chi connectivity index (χ0) is 21.8. The van der Waals surface area contributed by atoms with E-state index >= 15 is 0 Å². The van der Waals surface area contributed by atoms with Gasteiger partial charge in [0.05, 0.1) is 0 Å². The lowest BCUT2D eigenvalue weighted by Crippen LogP contribution is -2.81. The van der Waals surface area contributed by atoms with Crippen molar-refractivity contribution in [2.75, 3.05) is 6.54 Å². The van der Waals surface area contributed by atoms with Gasteiger partial charge < -0.3 is 14.5 Å². The molecule has 1 aliphatic rings. The Hall–Kier alpha value is -0.865. The molecule has 1 aliphatic heterocycles. The van der Waals surface area contributed by atoms with Crippen LogP contribution in [0.2, 0.25) is 0 Å². The number of rotatable bonds is 1. The second kappa shape index (κ2) is 6.88. The van der Waals surface area contributed by atoms with Crippen molar-refractivity contribution < 1.29 is 35.9 Å². The minimum atomic E-state index is -5.75. The van der Waals surface area contributed by atoms with Crippen LogP contribution in [0.1, 0.15) is 20.8 Å². The van der Waals surface area contributed by atoms with E-state index in [4.69, 9.17) is 0 Å². The highest BCUT2D eigenvalue weighted by atomic mass is 19.4. The Morgan fingerprint density at radius 1 is 1.04 bits per heavy atom. The van der Waals surface area contributed by atoms with Gasteiger partial charge in [0.25, 0.3) is 6.10 Å². The molecule has 0 saturated carbocycles. The van der Waals surface area contributed by atoms with Crippen LogP contribution < -0.4 is 0 Å². The van der Waals surface area contributed by atoms with Crippen molar-refractivity contribution >= 4 is 45.3 Å². The van der Waals surface area contributed by atoms with Gasteiger partial charge in [0, 0.05) is 18.0 Å². The van der Waals surface area contributed by atoms with Gasteiger partial charge in [-0.15, -0.1) is 0 Å². The lowest BCUT2D eigenvalue weighted by molar-refractivity contribution is -0.309. The number of hydrogen-bond donors (Lipinski definition) is 0. The van der Waals surface area contributed by atoms with Crippen molar-refractivity contribution in [2.45, 2.75) is 61.4 Å². The Labute approximate surface area is 159 Å². The maximum atomic E-state index is 12.8. The van der Waals surface area contributed by atoms with E-state index in [1.165, 1.54) is 0 Å². The van der Waals surface area contributed by atoms with Crippen molar-refractivity contribution in [3.8, 4) is 0 Å². The van der Waals surface area contributed by atoms with E-state index < -0.39 is 41.2 Å². The van der Waals surface area contributed by atoms with E-state index in [2.05, 4.69) is 9.64 Å². The molecule has 0 bridgehead atoms. The predicted octanol–water partition coefficient (Wildman–Crippen LogP) is -2.17. The van der Waals surface area contributed by atoms with E-state index in [1.807, 2.05) is 20.8 Å². The summed E-state index contributed by atoms with van der Waals surface area (Å²) in [4.78, 5) is 15.5. The molecule has 0 aliphatic carbocycles. The average molecular weight is 395 g/mol. The third-order valence-corrected chi connectivity index (χ3v) is 5.12. The number of piperazine rings is 1. The smallest absolute Gasteiger partial charge is 0.427 e. The predicted molar refractivity (Wildman–Crippen MR) is 103 cm³/mol. The van der Waals surface area contributed by atoms with E-state index in [-0.39, 0.29) is 12.1 Å². The fraction of sp³-hybridized carbons (Fsp3) is 0.917. The van der Waals surface area contributed by atoms with Crippen molar-refractivity contribution in [1.29, 1.82) is 0 Å². The second-order valence-corrected chi connectivity index (χ2v) is 9.12. The van der Waals surface area contributed by atoms with E-state index in [0.717, 1.165) is 4.90 Å². The van der Waals surface area contributed by atoms with E-state index in [0.29, 0.717) is 0 Å². The van der Waals surface area contributed by atoms with Crippen LogP contribution in [-0.2, 0) is 4.74 Å². The first-order chi connectivity index (χ1) is 11.6. The van der Waals surface area contributed by atoms with Gasteiger partial charge >= 0.3 is 18.4 Å². The summed E-state index contributed by atoms with van der Waals surface area (Å²) in [5, 5.41) is -1.75. The summed E-state index contributed by atoms with van der Waals surface area (Å²) in [6.07, 6.45) is -17.3. The molecule has 15 heteroatoms. The lowest BCUT2D eigenvalue weighted by atomic mass is 9.45. The summed E-state index contributed by atoms with van der Waals surface area (Å²) >= 11 is 0. The van der Waals surface area contributed by atoms with E-state index in [9.17, 15) is 31.1 Å². The van der Waals surface area contributed by atoms with Gasteiger partial charge in [-0.25, -0.2) is 4.79 Å². The molecule has 0 N–H and O–H groups in total. The standard InChI is InChI=1S/C12H23B5F6N2O2/c1-8(2,3)24-4-9(14,15)25(6(13)10(24,16)17)7(26)27-5(11(18,19)20)12(21,22)23/h5-6H,4,13-17H2,1-3H3. The first kappa shape index (κ1) is 24.2. The average Bonchev–Trinajstić information content (AvgIpc) is 2.37. The largest absolute Gasteiger partial charge is 0.434 e. The molecule has 1 heterocycles. The number of nitrogens with zero attached hydrogens (tertiary/aromatic N) is 2. The molecule has 1 rings (SSSR count). The number of amides is 1. The van der Waals surface area contributed by atoms with Crippen molar-refractivity contribution in [1.82, 2.24) is 9.80 Å². The van der Waals surface area contributed by atoms with Crippen molar-refractivity contribution in [3.05, 3.63) is 0 Å². The maximum Gasteiger partial charge on any atom is 0.434 e. The van der Waals surface area contributed by atoms with Gasteiger partial charge in [-0.2, -0.15) is 26.3 Å². The Kier molecular flexibility index (Phi) is 6.16. The zero-order valence-electron chi connectivity index (χ0n) is 16.8. The van der Waals surface area contributed by atoms with Crippen LogP contribution in [0.25, 0.3) is 0 Å². The fourth-order valence-corrected chi connectivity index (χ4v) is 3.72. The summed E-state index contributed by atoms with van der Waals surface area (Å²) < 4.78 is 80.6. The molecule has 1 fully saturated rings. The van der Waals surface area contributed by atoms with Crippen molar-refractivity contribution in [3.63, 3.8) is 0 Å². The topological polar surface area (TPSA) is 32.8 Å². The molecule has 4 nitrogen and oxygen atoms in total. The highest BCUT2D eigenvalue weighted by Gasteiger charge is 2.61. The number of ether oxygens (including phenoxy) is 1. The van der Waals surface area contributed by atoms with E-state index in [1.54, 1.807) is 39.2 Å². The van der Waals surface area contributed by atoms with Gasteiger partial charge in [-0.05, 0) is 31.4 Å². The third-order valence-electron chi connectivity index (χ3n) is 5.12. The quantitative estimate of drug-likeness (QED) is 0.374. The molecule has 0 aromatic heterocycles. The SMILES string of the molecule is BC1N(C(=O)OC(C(F)(F)F)C(F)(F)F)C(B)(B)CN(C(C)(C)C)C1(B)B. The third kappa shape index (κ3) is 4.95. The van der Waals surface area contributed by atoms with Crippen LogP contribution in [0.3, 0.4) is 0 Å². The number of hydrogen-bond acceptors (Lipinski definition) is 3. The number of alkyl halides is 6. The highest BCUT2D eigenvalue weighted by molar-refractivity contribution is 6.46. The van der Waals surface area contributed by atoms with Gasteiger partial charge in [0.1, 0.15) is 39.2 Å². The molecule has 150 valence electrons. The molecule has 0 spiro atoms. The zero-order valence-corrected chi connectivity index (χ0v) is 16.8. The van der Waals surface area contributed by atoms with Crippen LogP contribution in [0.5, 0.6) is 0 Å². The van der Waals surface area contributed by atoms with Gasteiger partial charge in [-0.3, -0.25) is 0 Å². The Morgan fingerprint density at radius 2 is 1.44 bits per heavy atom. The molecule has 1 atom stereocenters. The summed E-state index contributed by atoms with van der Waals surface area (Å²) in [6.45, 7) is 6.12. The molecule has 1 amide bonds. The maximum absolute atomic E-state index is 12.8. The molecule has 0 radical (unpaired) electrons. The first-order valence-corrected chi connectivity index (χ1v) is 8.54. The molecule has 0 aromatic carbocycles. The molecular weight excluding hydrogens is 372 g/mol. The van der Waals surface area contributed by atoms with Crippen molar-refractivity contribution in [2.24, 2.45) is 0 Å². The summed E-state index contributed by atoms with van der Waals surface area (Å²) in [6, 6.07) is 0. The molecule has 0 aromatic rings. The normalized spacial score (nSPS) is 24.1. The van der Waals surface area contributed by atoms with Crippen LogP contribution in [-0.4, -0.2) is 102 Å². The van der Waals surface area contributed by atoms with Crippen LogP contribution in [0.15, 0.2) is 0 Å². The lowest BCUT2D eigenvalue weighted by Gasteiger charge is -2.63. The number of carbonyl (C=O) groups excluding carboxylic acids is 1. The number of carbonyl (C=O) groups is 1. The molecule has 1 unspecified atom stereocenters. The highest BCUT2D eigenvalue weighted by Crippen LogP contribution is 2.38. The monoisotopic (exact) mass is 396 g/mol. The van der Waals surface area contributed by atoms with Gasteiger partial charge in [-0.1, -0.05) is 0 Å². The number of halogens is 6. The first-order valence-electron chi connectivity index (χ1n) is 8.54. The minimum absolute atomic E-state index is 0.256. The summed E-state index contributed by atoms with van der Waals surface area (Å²) in [7, 11) is 8.37. The van der Waals surface area contributed by atoms with Crippen LogP contribution in [0.4, 0.5) is 31.1 Å². The molecular formula is C12H23B5F6N2O2. The Balaban J connectivity index is 3.27. The van der Waals surface area contributed by atoms with Crippen LogP contribution in [0, 0.1) is 0 Å².